The van der Waals surface area contributed by atoms with Gasteiger partial charge in [0, 0.05) is 19.1 Å². The summed E-state index contributed by atoms with van der Waals surface area (Å²) >= 11 is 0. The standard InChI is InChI=1S/C11H22N6/c12-10(14-9-5-1-2-6-9)15-11(13)16-17-7-3-4-8-17/h9H,1-8H2,(H5,12,13,14,15,16). The van der Waals surface area contributed by atoms with Gasteiger partial charge in [0.2, 0.25) is 5.96 Å². The first kappa shape index (κ1) is 12.2. The Morgan fingerprint density at radius 3 is 2.24 bits per heavy atom. The third-order valence-corrected chi connectivity index (χ3v) is 3.33. The van der Waals surface area contributed by atoms with Crippen LogP contribution in [0.1, 0.15) is 38.5 Å². The third kappa shape index (κ3) is 3.89. The van der Waals surface area contributed by atoms with Crippen molar-refractivity contribution in [3.63, 3.8) is 0 Å². The molecule has 0 aromatic rings. The molecule has 96 valence electrons. The van der Waals surface area contributed by atoms with Crippen LogP contribution >= 0.6 is 0 Å². The average Bonchev–Trinajstić information content (AvgIpc) is 2.90. The molecule has 17 heavy (non-hydrogen) atoms. The van der Waals surface area contributed by atoms with E-state index in [1.54, 1.807) is 0 Å². The normalized spacial score (nSPS) is 21.4. The van der Waals surface area contributed by atoms with E-state index in [0.29, 0.717) is 6.04 Å². The zero-order chi connectivity index (χ0) is 12.1. The molecule has 6 heteroatoms. The van der Waals surface area contributed by atoms with Crippen molar-refractivity contribution in [1.82, 2.24) is 21.1 Å². The number of hydrogen-bond acceptors (Lipinski definition) is 3. The maximum Gasteiger partial charge on any atom is 0.210 e. The van der Waals surface area contributed by atoms with E-state index in [9.17, 15) is 0 Å². The topological polar surface area (TPSA) is 87.0 Å². The zero-order valence-corrected chi connectivity index (χ0v) is 10.2. The third-order valence-electron chi connectivity index (χ3n) is 3.33. The summed E-state index contributed by atoms with van der Waals surface area (Å²) in [4.78, 5) is 0. The van der Waals surface area contributed by atoms with Gasteiger partial charge in [-0.3, -0.25) is 21.6 Å². The van der Waals surface area contributed by atoms with Crippen LogP contribution < -0.4 is 16.1 Å². The average molecular weight is 238 g/mol. The number of hydrazine groups is 1. The van der Waals surface area contributed by atoms with Crippen molar-refractivity contribution in [1.29, 1.82) is 10.8 Å². The molecule has 0 aromatic heterocycles. The highest BCUT2D eigenvalue weighted by Gasteiger charge is 2.17. The van der Waals surface area contributed by atoms with Crippen molar-refractivity contribution in [2.75, 3.05) is 13.1 Å². The second-order valence-electron chi connectivity index (χ2n) is 4.81. The fourth-order valence-corrected chi connectivity index (χ4v) is 2.45. The molecule has 0 bridgehead atoms. The summed E-state index contributed by atoms with van der Waals surface area (Å²) in [7, 11) is 0. The van der Waals surface area contributed by atoms with Gasteiger partial charge in [0.05, 0.1) is 0 Å². The summed E-state index contributed by atoms with van der Waals surface area (Å²) in [5.41, 5.74) is 2.96. The molecule has 0 unspecified atom stereocenters. The van der Waals surface area contributed by atoms with Crippen LogP contribution in [0.25, 0.3) is 0 Å². The van der Waals surface area contributed by atoms with Crippen LogP contribution in [0.3, 0.4) is 0 Å². The number of rotatable bonds is 2. The molecule has 2 fully saturated rings. The summed E-state index contributed by atoms with van der Waals surface area (Å²) in [6.45, 7) is 1.96. The van der Waals surface area contributed by atoms with E-state index < -0.39 is 0 Å². The van der Waals surface area contributed by atoms with Crippen LogP contribution in [0.4, 0.5) is 0 Å². The number of hydrogen-bond donors (Lipinski definition) is 5. The van der Waals surface area contributed by atoms with Gasteiger partial charge in [-0.05, 0) is 25.7 Å². The van der Waals surface area contributed by atoms with E-state index in [1.807, 2.05) is 5.01 Å². The largest absolute Gasteiger partial charge is 0.353 e. The van der Waals surface area contributed by atoms with Gasteiger partial charge < -0.3 is 5.32 Å². The van der Waals surface area contributed by atoms with E-state index >= 15 is 0 Å². The summed E-state index contributed by atoms with van der Waals surface area (Å²) < 4.78 is 0. The Labute approximate surface area is 102 Å². The zero-order valence-electron chi connectivity index (χ0n) is 10.2. The molecule has 1 saturated heterocycles. The Balaban J connectivity index is 1.64. The van der Waals surface area contributed by atoms with E-state index in [0.717, 1.165) is 25.9 Å². The van der Waals surface area contributed by atoms with Gasteiger partial charge in [0.25, 0.3) is 0 Å². The van der Waals surface area contributed by atoms with Crippen molar-refractivity contribution in [3.05, 3.63) is 0 Å². The van der Waals surface area contributed by atoms with E-state index in [2.05, 4.69) is 16.1 Å². The molecule has 0 atom stereocenters. The summed E-state index contributed by atoms with van der Waals surface area (Å²) in [5.74, 6) is 0.413. The maximum atomic E-state index is 7.74. The van der Waals surface area contributed by atoms with Crippen molar-refractivity contribution in [3.8, 4) is 0 Å². The minimum atomic E-state index is 0.183. The van der Waals surface area contributed by atoms with E-state index in [1.165, 1.54) is 25.7 Å². The SMILES string of the molecule is N=C(NC(=N)NN1CCCC1)NC1CCCC1. The molecular weight excluding hydrogens is 216 g/mol. The Hall–Kier alpha value is -1.30. The van der Waals surface area contributed by atoms with Crippen LogP contribution in [-0.2, 0) is 0 Å². The van der Waals surface area contributed by atoms with E-state index in [4.69, 9.17) is 10.8 Å². The molecule has 6 nitrogen and oxygen atoms in total. The van der Waals surface area contributed by atoms with Crippen LogP contribution in [-0.4, -0.2) is 36.1 Å². The number of nitrogens with zero attached hydrogens (tertiary/aromatic N) is 1. The number of guanidine groups is 2. The van der Waals surface area contributed by atoms with Gasteiger partial charge in [0.1, 0.15) is 0 Å². The highest BCUT2D eigenvalue weighted by atomic mass is 15.6. The second kappa shape index (κ2) is 5.86. The van der Waals surface area contributed by atoms with Gasteiger partial charge in [0.15, 0.2) is 5.96 Å². The van der Waals surface area contributed by atoms with Gasteiger partial charge in [-0.2, -0.15) is 0 Å². The Bertz CT molecular complexity index is 250. The Kier molecular flexibility index (Phi) is 4.19. The lowest BCUT2D eigenvalue weighted by Crippen LogP contribution is -2.52. The fraction of sp³-hybridized carbons (Fsp3) is 0.818. The minimum absolute atomic E-state index is 0.183. The summed E-state index contributed by atoms with van der Waals surface area (Å²) in [6, 6.07) is 0.412. The fourth-order valence-electron chi connectivity index (χ4n) is 2.45. The molecule has 2 aliphatic rings. The van der Waals surface area contributed by atoms with Gasteiger partial charge in [-0.25, -0.2) is 5.01 Å². The first-order chi connectivity index (χ1) is 8.24. The van der Waals surface area contributed by atoms with Crippen LogP contribution in [0.5, 0.6) is 0 Å². The molecule has 0 radical (unpaired) electrons. The van der Waals surface area contributed by atoms with Crippen molar-refractivity contribution < 1.29 is 0 Å². The Morgan fingerprint density at radius 1 is 0.941 bits per heavy atom. The highest BCUT2D eigenvalue weighted by molar-refractivity contribution is 5.95. The first-order valence-electron chi connectivity index (χ1n) is 6.46. The van der Waals surface area contributed by atoms with Crippen LogP contribution in [0.15, 0.2) is 0 Å². The van der Waals surface area contributed by atoms with Crippen molar-refractivity contribution >= 4 is 11.9 Å². The van der Waals surface area contributed by atoms with Crippen LogP contribution in [0.2, 0.25) is 0 Å². The molecule has 0 spiro atoms. The van der Waals surface area contributed by atoms with Gasteiger partial charge in [-0.1, -0.05) is 12.8 Å². The molecule has 0 aromatic carbocycles. The molecule has 1 aliphatic heterocycles. The molecule has 1 heterocycles. The summed E-state index contributed by atoms with van der Waals surface area (Å²) in [6.07, 6.45) is 7.12. The van der Waals surface area contributed by atoms with Crippen molar-refractivity contribution in [2.24, 2.45) is 0 Å². The number of nitrogens with one attached hydrogen (secondary N) is 5. The molecular formula is C11H22N6. The van der Waals surface area contributed by atoms with Gasteiger partial charge in [-0.15, -0.1) is 0 Å². The molecule has 5 N–H and O–H groups in total. The minimum Gasteiger partial charge on any atom is -0.353 e. The maximum absolute atomic E-state index is 7.74. The molecule has 1 saturated carbocycles. The predicted molar refractivity (Wildman–Crippen MR) is 67.9 cm³/mol. The predicted octanol–water partition coefficient (Wildman–Crippen LogP) is 0.578. The van der Waals surface area contributed by atoms with Crippen LogP contribution in [0, 0.1) is 10.8 Å². The van der Waals surface area contributed by atoms with Crippen molar-refractivity contribution in [2.45, 2.75) is 44.6 Å². The Morgan fingerprint density at radius 2 is 1.59 bits per heavy atom. The first-order valence-corrected chi connectivity index (χ1v) is 6.46. The lowest BCUT2D eigenvalue weighted by atomic mass is 10.2. The summed E-state index contributed by atoms with van der Waals surface area (Å²) in [5, 5.41) is 23.3. The molecule has 1 aliphatic carbocycles. The smallest absolute Gasteiger partial charge is 0.210 e. The molecule has 2 rings (SSSR count). The van der Waals surface area contributed by atoms with Gasteiger partial charge >= 0.3 is 0 Å². The quantitative estimate of drug-likeness (QED) is 0.360. The molecule has 0 amide bonds. The monoisotopic (exact) mass is 238 g/mol. The van der Waals surface area contributed by atoms with E-state index in [-0.39, 0.29) is 11.9 Å². The highest BCUT2D eigenvalue weighted by Crippen LogP contribution is 2.17. The lowest BCUT2D eigenvalue weighted by Gasteiger charge is -2.20. The lowest BCUT2D eigenvalue weighted by molar-refractivity contribution is 0.291. The second-order valence-corrected chi connectivity index (χ2v) is 4.81.